The first-order chi connectivity index (χ1) is 10.0. The van der Waals surface area contributed by atoms with Crippen molar-refractivity contribution in [3.05, 3.63) is 70.8 Å². The number of halogens is 2. The van der Waals surface area contributed by atoms with Crippen LogP contribution in [0.25, 0.3) is 0 Å². The summed E-state index contributed by atoms with van der Waals surface area (Å²) in [5.41, 5.74) is 7.69. The zero-order valence-electron chi connectivity index (χ0n) is 11.9. The highest BCUT2D eigenvalue weighted by Crippen LogP contribution is 2.29. The third-order valence-corrected chi connectivity index (χ3v) is 3.98. The van der Waals surface area contributed by atoms with Gasteiger partial charge in [-0.3, -0.25) is 0 Å². The Morgan fingerprint density at radius 2 is 1.67 bits per heavy atom. The lowest BCUT2D eigenvalue weighted by molar-refractivity contribution is 0.196. The summed E-state index contributed by atoms with van der Waals surface area (Å²) in [5, 5.41) is 9.86. The molecule has 2 nitrogen and oxygen atoms in total. The molecule has 2 aromatic rings. The van der Waals surface area contributed by atoms with Crippen LogP contribution in [0.2, 0.25) is 0 Å². The van der Waals surface area contributed by atoms with Gasteiger partial charge in [0.2, 0.25) is 0 Å². The smallest absolute Gasteiger partial charge is 0.123 e. The maximum atomic E-state index is 13.2. The molecule has 4 heteroatoms. The molecule has 0 radical (unpaired) electrons. The Morgan fingerprint density at radius 3 is 2.19 bits per heavy atom. The molecule has 1 unspecified atom stereocenters. The van der Waals surface area contributed by atoms with Crippen molar-refractivity contribution in [2.45, 2.75) is 18.8 Å². The fourth-order valence-electron chi connectivity index (χ4n) is 2.53. The number of rotatable bonds is 5. The first-order valence-electron chi connectivity index (χ1n) is 6.83. The maximum absolute atomic E-state index is 13.2. The van der Waals surface area contributed by atoms with Crippen molar-refractivity contribution in [2.75, 3.05) is 13.2 Å². The van der Waals surface area contributed by atoms with Crippen LogP contribution in [-0.2, 0) is 11.8 Å². The van der Waals surface area contributed by atoms with Crippen molar-refractivity contribution in [1.29, 1.82) is 0 Å². The van der Waals surface area contributed by atoms with Gasteiger partial charge in [0.15, 0.2) is 0 Å². The van der Waals surface area contributed by atoms with Crippen LogP contribution < -0.4 is 5.73 Å². The molecule has 0 aliphatic rings. The van der Waals surface area contributed by atoms with E-state index in [1.807, 2.05) is 6.92 Å². The van der Waals surface area contributed by atoms with Gasteiger partial charge in [-0.25, -0.2) is 8.78 Å². The number of aliphatic hydroxyl groups excluding tert-OH is 1. The number of aliphatic hydroxyl groups is 1. The van der Waals surface area contributed by atoms with E-state index in [4.69, 9.17) is 5.73 Å². The van der Waals surface area contributed by atoms with E-state index in [0.717, 1.165) is 16.7 Å². The molecule has 0 bridgehead atoms. The number of hydrogen-bond acceptors (Lipinski definition) is 2. The van der Waals surface area contributed by atoms with Gasteiger partial charge in [-0.2, -0.15) is 0 Å². The second kappa shape index (κ2) is 6.33. The highest BCUT2D eigenvalue weighted by atomic mass is 19.1. The molecule has 0 saturated carbocycles. The number of nitrogens with two attached hydrogens (primary N) is 1. The lowest BCUT2D eigenvalue weighted by Gasteiger charge is -2.32. The van der Waals surface area contributed by atoms with Gasteiger partial charge in [-0.1, -0.05) is 18.2 Å². The largest absolute Gasteiger partial charge is 0.395 e. The molecular formula is C17H19F2NO. The lowest BCUT2D eigenvalue weighted by atomic mass is 9.75. The van der Waals surface area contributed by atoms with E-state index in [0.29, 0.717) is 6.42 Å². The van der Waals surface area contributed by atoms with Crippen LogP contribution in [0, 0.1) is 18.6 Å². The maximum Gasteiger partial charge on any atom is 0.123 e. The predicted molar refractivity (Wildman–Crippen MR) is 79.1 cm³/mol. The zero-order valence-corrected chi connectivity index (χ0v) is 11.9. The predicted octanol–water partition coefficient (Wildman–Crippen LogP) is 2.70. The Balaban J connectivity index is 2.40. The zero-order chi connectivity index (χ0) is 15.5. The summed E-state index contributed by atoms with van der Waals surface area (Å²) in [6, 6.07) is 10.5. The monoisotopic (exact) mass is 291 g/mol. The second-order valence-corrected chi connectivity index (χ2v) is 5.40. The van der Waals surface area contributed by atoms with E-state index in [1.54, 1.807) is 18.2 Å². The molecule has 0 saturated heterocycles. The molecular weight excluding hydrogens is 272 g/mol. The third-order valence-electron chi connectivity index (χ3n) is 3.98. The number of benzene rings is 2. The highest BCUT2D eigenvalue weighted by Gasteiger charge is 2.31. The molecule has 1 atom stereocenters. The third kappa shape index (κ3) is 3.28. The van der Waals surface area contributed by atoms with Gasteiger partial charge >= 0.3 is 0 Å². The molecule has 3 N–H and O–H groups in total. The fraction of sp³-hybridized carbons (Fsp3) is 0.294. The van der Waals surface area contributed by atoms with Crippen molar-refractivity contribution >= 4 is 0 Å². The topological polar surface area (TPSA) is 46.2 Å². The minimum absolute atomic E-state index is 0.161. The molecule has 0 aliphatic carbocycles. The molecule has 0 fully saturated rings. The molecule has 21 heavy (non-hydrogen) atoms. The molecule has 2 aromatic carbocycles. The van der Waals surface area contributed by atoms with Crippen LogP contribution in [0.3, 0.4) is 0 Å². The van der Waals surface area contributed by atoms with Gasteiger partial charge < -0.3 is 10.8 Å². The van der Waals surface area contributed by atoms with Crippen molar-refractivity contribution in [3.63, 3.8) is 0 Å². The van der Waals surface area contributed by atoms with Crippen molar-refractivity contribution in [2.24, 2.45) is 5.73 Å². The second-order valence-electron chi connectivity index (χ2n) is 5.40. The van der Waals surface area contributed by atoms with Gasteiger partial charge in [-0.05, 0) is 54.3 Å². The minimum Gasteiger partial charge on any atom is -0.395 e. The van der Waals surface area contributed by atoms with Crippen LogP contribution in [0.1, 0.15) is 16.7 Å². The molecule has 0 aliphatic heterocycles. The van der Waals surface area contributed by atoms with Gasteiger partial charge in [0.1, 0.15) is 11.6 Å². The first kappa shape index (κ1) is 15.6. The van der Waals surface area contributed by atoms with E-state index < -0.39 is 5.41 Å². The van der Waals surface area contributed by atoms with Crippen LogP contribution >= 0.6 is 0 Å². The summed E-state index contributed by atoms with van der Waals surface area (Å²) in [5.74, 6) is -0.624. The average Bonchev–Trinajstić information content (AvgIpc) is 2.48. The van der Waals surface area contributed by atoms with Crippen LogP contribution in [-0.4, -0.2) is 18.3 Å². The van der Waals surface area contributed by atoms with Crippen molar-refractivity contribution in [3.8, 4) is 0 Å². The standard InChI is InChI=1S/C17H19F2NO/c1-12-8-16(19)5-2-13(12)9-17(10-20,11-21)14-3-6-15(18)7-4-14/h2-8,21H,9-11,20H2,1H3. The number of hydrogen-bond donors (Lipinski definition) is 2. The van der Waals surface area contributed by atoms with Crippen LogP contribution in [0.15, 0.2) is 42.5 Å². The molecule has 2 rings (SSSR count). The van der Waals surface area contributed by atoms with Gasteiger partial charge in [0.25, 0.3) is 0 Å². The molecule has 0 amide bonds. The normalized spacial score (nSPS) is 14.0. The quantitative estimate of drug-likeness (QED) is 0.889. The Hall–Kier alpha value is -1.78. The summed E-state index contributed by atoms with van der Waals surface area (Å²) >= 11 is 0. The Bertz CT molecular complexity index is 607. The molecule has 0 aromatic heterocycles. The molecule has 0 heterocycles. The first-order valence-corrected chi connectivity index (χ1v) is 6.83. The van der Waals surface area contributed by atoms with Crippen LogP contribution in [0.5, 0.6) is 0 Å². The highest BCUT2D eigenvalue weighted by molar-refractivity contribution is 5.34. The summed E-state index contributed by atoms with van der Waals surface area (Å²) in [7, 11) is 0. The van der Waals surface area contributed by atoms with E-state index in [2.05, 4.69) is 0 Å². The van der Waals surface area contributed by atoms with Crippen molar-refractivity contribution < 1.29 is 13.9 Å². The van der Waals surface area contributed by atoms with Crippen LogP contribution in [0.4, 0.5) is 8.78 Å². The minimum atomic E-state index is -0.698. The van der Waals surface area contributed by atoms with E-state index in [-0.39, 0.29) is 24.8 Å². The summed E-state index contributed by atoms with van der Waals surface area (Å²) in [4.78, 5) is 0. The van der Waals surface area contributed by atoms with Gasteiger partial charge in [-0.15, -0.1) is 0 Å². The summed E-state index contributed by atoms with van der Waals surface area (Å²) < 4.78 is 26.3. The van der Waals surface area contributed by atoms with Crippen molar-refractivity contribution in [1.82, 2.24) is 0 Å². The fourth-order valence-corrected chi connectivity index (χ4v) is 2.53. The van der Waals surface area contributed by atoms with Gasteiger partial charge in [0, 0.05) is 12.0 Å². The Kier molecular flexibility index (Phi) is 4.70. The summed E-state index contributed by atoms with van der Waals surface area (Å²) in [6.45, 7) is 1.87. The van der Waals surface area contributed by atoms with E-state index >= 15 is 0 Å². The molecule has 112 valence electrons. The summed E-state index contributed by atoms with van der Waals surface area (Å²) in [6.07, 6.45) is 0.470. The SMILES string of the molecule is Cc1cc(F)ccc1CC(CN)(CO)c1ccc(F)cc1. The Morgan fingerprint density at radius 1 is 1.05 bits per heavy atom. The van der Waals surface area contributed by atoms with Gasteiger partial charge in [0.05, 0.1) is 6.61 Å². The average molecular weight is 291 g/mol. The van der Waals surface area contributed by atoms with E-state index in [9.17, 15) is 13.9 Å². The molecule has 0 spiro atoms. The van der Waals surface area contributed by atoms with E-state index in [1.165, 1.54) is 24.3 Å². The Labute approximate surface area is 123 Å². The lowest BCUT2D eigenvalue weighted by Crippen LogP contribution is -2.41. The number of aryl methyl sites for hydroxylation is 1.